The highest BCUT2D eigenvalue weighted by atomic mass is 32.1. The second-order valence-electron chi connectivity index (χ2n) is 9.61. The summed E-state index contributed by atoms with van der Waals surface area (Å²) in [6, 6.07) is 9.20. The van der Waals surface area contributed by atoms with E-state index in [4.69, 9.17) is 18.9 Å². The highest BCUT2D eigenvalue weighted by Gasteiger charge is 2.22. The molecule has 1 saturated heterocycles. The minimum absolute atomic E-state index is 0.101. The van der Waals surface area contributed by atoms with Crippen LogP contribution in [0.2, 0.25) is 0 Å². The number of ether oxygens (including phenoxy) is 4. The van der Waals surface area contributed by atoms with Crippen molar-refractivity contribution in [2.75, 3.05) is 31.8 Å². The topological polar surface area (TPSA) is 83.0 Å². The minimum atomic E-state index is -0.677. The van der Waals surface area contributed by atoms with E-state index in [0.717, 1.165) is 40.1 Å². The Balaban J connectivity index is 1.39. The summed E-state index contributed by atoms with van der Waals surface area (Å²) >= 11 is 1.50. The first kappa shape index (κ1) is 26.2. The van der Waals surface area contributed by atoms with Crippen LogP contribution in [0.25, 0.3) is 20.8 Å². The minimum Gasteiger partial charge on any atom is -0.491 e. The van der Waals surface area contributed by atoms with Gasteiger partial charge in [-0.05, 0) is 70.4 Å². The molecule has 1 aromatic carbocycles. The number of hydrogen-bond donors (Lipinski definition) is 0. The molecule has 1 aliphatic rings. The summed E-state index contributed by atoms with van der Waals surface area (Å²) in [5, 5.41) is 0.792. The Morgan fingerprint density at radius 2 is 2.11 bits per heavy atom. The van der Waals surface area contributed by atoms with Gasteiger partial charge in [0.05, 0.1) is 10.2 Å². The number of nitrogens with zero attached hydrogens (tertiary/aromatic N) is 3. The van der Waals surface area contributed by atoms with Crippen molar-refractivity contribution in [3.05, 3.63) is 36.5 Å². The molecular formula is C26H32FN3O5S. The van der Waals surface area contributed by atoms with Gasteiger partial charge in [-0.15, -0.1) is 11.3 Å². The van der Waals surface area contributed by atoms with E-state index in [0.29, 0.717) is 18.2 Å². The van der Waals surface area contributed by atoms with Crippen LogP contribution < -0.4 is 9.64 Å². The van der Waals surface area contributed by atoms with E-state index < -0.39 is 24.5 Å². The van der Waals surface area contributed by atoms with Gasteiger partial charge in [0.1, 0.15) is 41.6 Å². The number of aromatic nitrogens is 2. The molecule has 2 aromatic heterocycles. The molecule has 4 rings (SSSR count). The lowest BCUT2D eigenvalue weighted by molar-refractivity contribution is -0.195. The summed E-state index contributed by atoms with van der Waals surface area (Å²) in [6.07, 6.45) is 2.98. The Hall–Kier alpha value is -2.82. The molecule has 1 fully saturated rings. The molecule has 1 unspecified atom stereocenters. The van der Waals surface area contributed by atoms with Crippen molar-refractivity contribution in [2.45, 2.75) is 58.0 Å². The van der Waals surface area contributed by atoms with Gasteiger partial charge in [0.15, 0.2) is 6.29 Å². The van der Waals surface area contributed by atoms with Crippen molar-refractivity contribution in [1.29, 1.82) is 0 Å². The zero-order valence-corrected chi connectivity index (χ0v) is 21.8. The van der Waals surface area contributed by atoms with Crippen LogP contribution in [0.15, 0.2) is 36.5 Å². The number of amides is 1. The Kier molecular flexibility index (Phi) is 8.38. The summed E-state index contributed by atoms with van der Waals surface area (Å²) in [5.74, 6) is 1.10. The van der Waals surface area contributed by atoms with Gasteiger partial charge in [-0.25, -0.2) is 19.2 Å². The summed E-state index contributed by atoms with van der Waals surface area (Å²) in [4.78, 5) is 22.7. The fourth-order valence-electron chi connectivity index (χ4n) is 3.60. The molecule has 1 aliphatic heterocycles. The molecule has 0 radical (unpaired) electrons. The zero-order valence-electron chi connectivity index (χ0n) is 21.0. The van der Waals surface area contributed by atoms with Gasteiger partial charge in [-0.2, -0.15) is 0 Å². The molecule has 3 heterocycles. The van der Waals surface area contributed by atoms with Crippen LogP contribution >= 0.6 is 11.3 Å². The number of benzene rings is 1. The first-order chi connectivity index (χ1) is 17.2. The smallest absolute Gasteiger partial charge is 0.415 e. The second kappa shape index (κ2) is 11.5. The van der Waals surface area contributed by atoms with Crippen LogP contribution in [0.1, 0.15) is 40.0 Å². The van der Waals surface area contributed by atoms with E-state index in [9.17, 15) is 9.18 Å². The fraction of sp³-hybridized carbons (Fsp3) is 0.500. The van der Waals surface area contributed by atoms with Gasteiger partial charge in [0, 0.05) is 25.4 Å². The number of hydrogen-bond acceptors (Lipinski definition) is 8. The number of fused-ring (bicyclic) bond motifs is 1. The Morgan fingerprint density at radius 1 is 1.28 bits per heavy atom. The van der Waals surface area contributed by atoms with Gasteiger partial charge >= 0.3 is 6.09 Å². The predicted octanol–water partition coefficient (Wildman–Crippen LogP) is 5.99. The second-order valence-corrected chi connectivity index (χ2v) is 10.6. The number of thiazole rings is 1. The van der Waals surface area contributed by atoms with E-state index in [1.54, 1.807) is 19.3 Å². The average molecular weight is 517 g/mol. The largest absolute Gasteiger partial charge is 0.491 e. The number of carbonyl (C=O) groups is 1. The molecule has 0 saturated carbocycles. The summed E-state index contributed by atoms with van der Waals surface area (Å²) < 4.78 is 36.8. The van der Waals surface area contributed by atoms with Crippen LogP contribution in [-0.2, 0) is 14.2 Å². The molecule has 36 heavy (non-hydrogen) atoms. The fourth-order valence-corrected chi connectivity index (χ4v) is 4.58. The first-order valence-electron chi connectivity index (χ1n) is 12.0. The lowest BCUT2D eigenvalue weighted by atomic mass is 10.2. The standard InChI is InChI=1S/C26H32FN3O5S/c1-26(2,3)35-25(31)30(4)22-11-8-17(15-28-22)24-29-20-10-9-18(13-21(20)36-24)33-16-19(14-27)34-23-7-5-6-12-32-23/h8-11,13,15,19,23H,5-7,12,14,16H2,1-4H3/t19-,23?/m1/s1/i27-1. The molecule has 3 aromatic rings. The Bertz CT molecular complexity index is 1160. The van der Waals surface area contributed by atoms with Crippen LogP contribution in [0.3, 0.4) is 0 Å². The molecule has 0 spiro atoms. The molecule has 0 aliphatic carbocycles. The molecule has 2 atom stereocenters. The maximum atomic E-state index is 13.5. The number of rotatable bonds is 8. The average Bonchev–Trinajstić information content (AvgIpc) is 3.29. The maximum Gasteiger partial charge on any atom is 0.415 e. The van der Waals surface area contributed by atoms with Gasteiger partial charge in [0.2, 0.25) is 0 Å². The monoisotopic (exact) mass is 516 g/mol. The summed E-state index contributed by atoms with van der Waals surface area (Å²) in [6.45, 7) is 5.56. The van der Waals surface area contributed by atoms with Crippen molar-refractivity contribution < 1.29 is 28.1 Å². The molecule has 0 N–H and O–H groups in total. The number of alkyl halides is 1. The van der Waals surface area contributed by atoms with E-state index >= 15 is 0 Å². The van der Waals surface area contributed by atoms with Crippen molar-refractivity contribution in [3.8, 4) is 16.3 Å². The third-order valence-electron chi connectivity index (χ3n) is 5.46. The third-order valence-corrected chi connectivity index (χ3v) is 6.52. The molecule has 10 heteroatoms. The van der Waals surface area contributed by atoms with E-state index in [2.05, 4.69) is 9.97 Å². The molecule has 1 amide bonds. The number of carbonyl (C=O) groups excluding carboxylic acids is 1. The van der Waals surface area contributed by atoms with Crippen molar-refractivity contribution >= 4 is 33.5 Å². The Labute approximate surface area is 214 Å². The van der Waals surface area contributed by atoms with Crippen LogP contribution in [-0.4, -0.2) is 61.0 Å². The van der Waals surface area contributed by atoms with Gasteiger partial charge < -0.3 is 18.9 Å². The SMILES string of the molecule is CN(C(=O)OC(C)(C)C)c1ccc(-c2nc3ccc(OC[C@@H](C[18F])OC4CCCCO4)cc3s2)cn1. The molecule has 0 bridgehead atoms. The highest BCUT2D eigenvalue weighted by Crippen LogP contribution is 2.33. The van der Waals surface area contributed by atoms with Crippen molar-refractivity contribution in [2.24, 2.45) is 0 Å². The van der Waals surface area contributed by atoms with Crippen LogP contribution in [0.4, 0.5) is 15.0 Å². The van der Waals surface area contributed by atoms with Crippen molar-refractivity contribution in [3.63, 3.8) is 0 Å². The molecule has 194 valence electrons. The zero-order chi connectivity index (χ0) is 25.7. The van der Waals surface area contributed by atoms with Crippen LogP contribution in [0.5, 0.6) is 5.75 Å². The number of pyridine rings is 1. The van der Waals surface area contributed by atoms with E-state index in [1.807, 2.05) is 45.0 Å². The summed E-state index contributed by atoms with van der Waals surface area (Å²) in [5.41, 5.74) is 1.07. The first-order valence-corrected chi connectivity index (χ1v) is 12.8. The van der Waals surface area contributed by atoms with Crippen LogP contribution in [0, 0.1) is 0 Å². The number of halogens is 1. The predicted molar refractivity (Wildman–Crippen MR) is 137 cm³/mol. The lowest BCUT2D eigenvalue weighted by Gasteiger charge is -2.26. The molecular weight excluding hydrogens is 484 g/mol. The summed E-state index contributed by atoms with van der Waals surface area (Å²) in [7, 11) is 1.62. The molecule has 8 nitrogen and oxygen atoms in total. The quantitative estimate of drug-likeness (QED) is 0.364. The van der Waals surface area contributed by atoms with E-state index in [-0.39, 0.29) is 12.9 Å². The normalized spacial score (nSPS) is 17.1. The highest BCUT2D eigenvalue weighted by molar-refractivity contribution is 7.21. The van der Waals surface area contributed by atoms with E-state index in [1.165, 1.54) is 16.2 Å². The van der Waals surface area contributed by atoms with Crippen molar-refractivity contribution in [1.82, 2.24) is 9.97 Å². The third kappa shape index (κ3) is 6.89. The van der Waals surface area contributed by atoms with Gasteiger partial charge in [-0.1, -0.05) is 0 Å². The maximum absolute atomic E-state index is 13.5. The van der Waals surface area contributed by atoms with Gasteiger partial charge in [-0.3, -0.25) is 4.90 Å². The van der Waals surface area contributed by atoms with Gasteiger partial charge in [0.25, 0.3) is 0 Å². The number of anilines is 1. The Morgan fingerprint density at radius 3 is 2.78 bits per heavy atom. The lowest BCUT2D eigenvalue weighted by Crippen LogP contribution is -2.34.